The average Bonchev–Trinajstić information content (AvgIpc) is 2.72. The molecule has 2 rings (SSSR count). The second-order valence-corrected chi connectivity index (χ2v) is 3.57. The lowest BCUT2D eigenvalue weighted by atomic mass is 10.2. The van der Waals surface area contributed by atoms with Gasteiger partial charge in [-0.2, -0.15) is 0 Å². The Kier molecular flexibility index (Phi) is 2.08. The standard InChI is InChI=1S/C10H14N2O/c1-8-4-3-7-12(8)10(13)9-5-2-6-11-9/h2,5-6,8,11H,3-4,7H2,1H3. The lowest BCUT2D eigenvalue weighted by Crippen LogP contribution is -2.33. The van der Waals surface area contributed by atoms with Gasteiger partial charge in [-0.1, -0.05) is 0 Å². The first-order valence-electron chi connectivity index (χ1n) is 4.73. The first kappa shape index (κ1) is 8.35. The zero-order valence-corrected chi connectivity index (χ0v) is 7.79. The fraction of sp³-hybridized carbons (Fsp3) is 0.500. The molecule has 1 fully saturated rings. The highest BCUT2D eigenvalue weighted by molar-refractivity contribution is 5.92. The van der Waals surface area contributed by atoms with Crippen LogP contribution in [0.1, 0.15) is 30.3 Å². The molecule has 2 heterocycles. The second-order valence-electron chi connectivity index (χ2n) is 3.57. The van der Waals surface area contributed by atoms with Crippen molar-refractivity contribution in [2.24, 2.45) is 0 Å². The molecule has 1 amide bonds. The molecule has 1 aliphatic rings. The number of aromatic amines is 1. The van der Waals surface area contributed by atoms with Crippen LogP contribution in [0.3, 0.4) is 0 Å². The van der Waals surface area contributed by atoms with E-state index in [-0.39, 0.29) is 5.91 Å². The molecule has 1 atom stereocenters. The number of nitrogens with zero attached hydrogens (tertiary/aromatic N) is 1. The summed E-state index contributed by atoms with van der Waals surface area (Å²) in [6.07, 6.45) is 4.05. The third kappa shape index (κ3) is 1.46. The number of nitrogens with one attached hydrogen (secondary N) is 1. The van der Waals surface area contributed by atoms with Gasteiger partial charge in [0.05, 0.1) is 0 Å². The molecule has 0 aliphatic carbocycles. The number of carbonyl (C=O) groups excluding carboxylic acids is 1. The summed E-state index contributed by atoms with van der Waals surface area (Å²) in [5.74, 6) is 0.134. The maximum absolute atomic E-state index is 11.8. The van der Waals surface area contributed by atoms with E-state index < -0.39 is 0 Å². The number of amides is 1. The molecule has 3 heteroatoms. The monoisotopic (exact) mass is 178 g/mol. The molecule has 3 nitrogen and oxygen atoms in total. The van der Waals surface area contributed by atoms with Crippen molar-refractivity contribution in [1.29, 1.82) is 0 Å². The second kappa shape index (κ2) is 3.24. The van der Waals surface area contributed by atoms with Crippen molar-refractivity contribution >= 4 is 5.91 Å². The number of carbonyl (C=O) groups is 1. The Balaban J connectivity index is 2.13. The number of hydrogen-bond acceptors (Lipinski definition) is 1. The molecule has 1 aromatic rings. The van der Waals surface area contributed by atoms with Crippen LogP contribution in [0.2, 0.25) is 0 Å². The third-order valence-electron chi connectivity index (χ3n) is 2.64. The molecule has 1 saturated heterocycles. The largest absolute Gasteiger partial charge is 0.357 e. The Morgan fingerprint density at radius 3 is 3.08 bits per heavy atom. The van der Waals surface area contributed by atoms with Crippen LogP contribution < -0.4 is 0 Å². The van der Waals surface area contributed by atoms with Gasteiger partial charge in [-0.15, -0.1) is 0 Å². The van der Waals surface area contributed by atoms with Crippen LogP contribution in [0.4, 0.5) is 0 Å². The summed E-state index contributed by atoms with van der Waals surface area (Å²) in [7, 11) is 0. The minimum atomic E-state index is 0.134. The zero-order chi connectivity index (χ0) is 9.26. The van der Waals surface area contributed by atoms with E-state index in [1.165, 1.54) is 0 Å². The molecular formula is C10H14N2O. The molecular weight excluding hydrogens is 164 g/mol. The van der Waals surface area contributed by atoms with Gasteiger partial charge in [0.15, 0.2) is 0 Å². The summed E-state index contributed by atoms with van der Waals surface area (Å²) in [5.41, 5.74) is 0.703. The van der Waals surface area contributed by atoms with Crippen molar-refractivity contribution in [2.75, 3.05) is 6.54 Å². The summed E-state index contributed by atoms with van der Waals surface area (Å²) in [5, 5.41) is 0. The van der Waals surface area contributed by atoms with Crippen molar-refractivity contribution < 1.29 is 4.79 Å². The van der Waals surface area contributed by atoms with Crippen LogP contribution in [0.5, 0.6) is 0 Å². The normalized spacial score (nSPS) is 22.2. The van der Waals surface area contributed by atoms with Gasteiger partial charge in [0.2, 0.25) is 0 Å². The van der Waals surface area contributed by atoms with E-state index in [1.54, 1.807) is 6.20 Å². The van der Waals surface area contributed by atoms with Gasteiger partial charge < -0.3 is 9.88 Å². The highest BCUT2D eigenvalue weighted by atomic mass is 16.2. The van der Waals surface area contributed by atoms with Gasteiger partial charge in [-0.3, -0.25) is 4.79 Å². The maximum atomic E-state index is 11.8. The smallest absolute Gasteiger partial charge is 0.270 e. The Morgan fingerprint density at radius 2 is 2.54 bits per heavy atom. The summed E-state index contributed by atoms with van der Waals surface area (Å²) < 4.78 is 0. The van der Waals surface area contributed by atoms with E-state index in [0.29, 0.717) is 11.7 Å². The number of likely N-dealkylation sites (tertiary alicyclic amines) is 1. The summed E-state index contributed by atoms with van der Waals surface area (Å²) in [6, 6.07) is 4.08. The van der Waals surface area contributed by atoms with Gasteiger partial charge in [0.1, 0.15) is 5.69 Å². The molecule has 70 valence electrons. The lowest BCUT2D eigenvalue weighted by molar-refractivity contribution is 0.0742. The number of H-pyrrole nitrogens is 1. The number of hydrogen-bond donors (Lipinski definition) is 1. The van der Waals surface area contributed by atoms with Gasteiger partial charge in [-0.25, -0.2) is 0 Å². The van der Waals surface area contributed by atoms with Crippen molar-refractivity contribution in [1.82, 2.24) is 9.88 Å². The van der Waals surface area contributed by atoms with E-state index in [0.717, 1.165) is 19.4 Å². The highest BCUT2D eigenvalue weighted by Crippen LogP contribution is 2.18. The Labute approximate surface area is 77.7 Å². The summed E-state index contributed by atoms with van der Waals surface area (Å²) in [4.78, 5) is 16.7. The van der Waals surface area contributed by atoms with Crippen LogP contribution in [0.25, 0.3) is 0 Å². The Morgan fingerprint density at radius 1 is 1.69 bits per heavy atom. The van der Waals surface area contributed by atoms with Gasteiger partial charge >= 0.3 is 0 Å². The number of aromatic nitrogens is 1. The van der Waals surface area contributed by atoms with Crippen LogP contribution in [0, 0.1) is 0 Å². The van der Waals surface area contributed by atoms with Crippen LogP contribution in [0.15, 0.2) is 18.3 Å². The van der Waals surface area contributed by atoms with Crippen molar-refractivity contribution in [3.05, 3.63) is 24.0 Å². The molecule has 1 unspecified atom stereocenters. The Bertz CT molecular complexity index is 292. The SMILES string of the molecule is CC1CCCN1C(=O)c1ccc[nH]1. The molecule has 0 spiro atoms. The van der Waals surface area contributed by atoms with Crippen molar-refractivity contribution in [3.63, 3.8) is 0 Å². The molecule has 0 bridgehead atoms. The molecule has 0 aromatic carbocycles. The average molecular weight is 178 g/mol. The molecule has 0 saturated carbocycles. The van der Waals surface area contributed by atoms with Gasteiger partial charge in [0.25, 0.3) is 5.91 Å². The molecule has 1 aliphatic heterocycles. The first-order valence-corrected chi connectivity index (χ1v) is 4.73. The van der Waals surface area contributed by atoms with Crippen LogP contribution in [-0.4, -0.2) is 28.4 Å². The van der Waals surface area contributed by atoms with E-state index >= 15 is 0 Å². The number of rotatable bonds is 1. The quantitative estimate of drug-likeness (QED) is 0.697. The fourth-order valence-electron chi connectivity index (χ4n) is 1.85. The van der Waals surface area contributed by atoms with E-state index in [4.69, 9.17) is 0 Å². The molecule has 1 N–H and O–H groups in total. The predicted molar refractivity (Wildman–Crippen MR) is 50.5 cm³/mol. The fourth-order valence-corrected chi connectivity index (χ4v) is 1.85. The highest BCUT2D eigenvalue weighted by Gasteiger charge is 2.26. The summed E-state index contributed by atoms with van der Waals surface area (Å²) >= 11 is 0. The predicted octanol–water partition coefficient (Wildman–Crippen LogP) is 1.64. The molecule has 13 heavy (non-hydrogen) atoms. The lowest BCUT2D eigenvalue weighted by Gasteiger charge is -2.20. The summed E-state index contributed by atoms with van der Waals surface area (Å²) in [6.45, 7) is 3.01. The topological polar surface area (TPSA) is 36.1 Å². The first-order chi connectivity index (χ1) is 6.29. The minimum Gasteiger partial charge on any atom is -0.357 e. The third-order valence-corrected chi connectivity index (χ3v) is 2.64. The minimum absolute atomic E-state index is 0.134. The Hall–Kier alpha value is -1.25. The zero-order valence-electron chi connectivity index (χ0n) is 7.79. The molecule has 0 radical (unpaired) electrons. The van der Waals surface area contributed by atoms with E-state index in [1.807, 2.05) is 17.0 Å². The van der Waals surface area contributed by atoms with Crippen molar-refractivity contribution in [3.8, 4) is 0 Å². The maximum Gasteiger partial charge on any atom is 0.270 e. The van der Waals surface area contributed by atoms with Crippen LogP contribution >= 0.6 is 0 Å². The van der Waals surface area contributed by atoms with Gasteiger partial charge in [0, 0.05) is 18.8 Å². The van der Waals surface area contributed by atoms with E-state index in [9.17, 15) is 4.79 Å². The van der Waals surface area contributed by atoms with Crippen LogP contribution in [-0.2, 0) is 0 Å². The van der Waals surface area contributed by atoms with Gasteiger partial charge in [-0.05, 0) is 31.9 Å². The van der Waals surface area contributed by atoms with E-state index in [2.05, 4.69) is 11.9 Å². The van der Waals surface area contributed by atoms with Crippen molar-refractivity contribution in [2.45, 2.75) is 25.8 Å². The molecule has 1 aromatic heterocycles.